The number of pyridine rings is 1. The third-order valence-electron chi connectivity index (χ3n) is 6.98. The second-order valence-electron chi connectivity index (χ2n) is 9.80. The van der Waals surface area contributed by atoms with Crippen LogP contribution in [0.4, 0.5) is 11.6 Å². The highest BCUT2D eigenvalue weighted by molar-refractivity contribution is 7.92. The number of nitrogens with two attached hydrogens (primary N) is 1. The largest absolute Gasteiger partial charge is 0.351 e. The summed E-state index contributed by atoms with van der Waals surface area (Å²) in [6.07, 6.45) is 8.25. The Morgan fingerprint density at radius 1 is 1.05 bits per heavy atom. The normalized spacial score (nSPS) is 17.9. The number of aromatic nitrogens is 3. The summed E-state index contributed by atoms with van der Waals surface area (Å²) in [5.41, 5.74) is 11.0. The van der Waals surface area contributed by atoms with Crippen molar-refractivity contribution in [1.82, 2.24) is 15.0 Å². The molecule has 0 bridgehead atoms. The molecule has 0 saturated heterocycles. The van der Waals surface area contributed by atoms with Gasteiger partial charge in [0.2, 0.25) is 5.95 Å². The summed E-state index contributed by atoms with van der Waals surface area (Å²) in [5, 5.41) is 4.58. The van der Waals surface area contributed by atoms with Gasteiger partial charge in [0.1, 0.15) is 4.90 Å². The van der Waals surface area contributed by atoms with Crippen LogP contribution in [0.2, 0.25) is 5.02 Å². The van der Waals surface area contributed by atoms with Crippen molar-refractivity contribution in [1.29, 1.82) is 0 Å². The van der Waals surface area contributed by atoms with Crippen LogP contribution < -0.4 is 15.8 Å². The summed E-state index contributed by atoms with van der Waals surface area (Å²) in [6.45, 7) is 4.01. The molecule has 1 saturated carbocycles. The van der Waals surface area contributed by atoms with E-state index in [1.165, 1.54) is 12.3 Å². The molecule has 0 unspecified atom stereocenters. The van der Waals surface area contributed by atoms with Crippen LogP contribution in [0.3, 0.4) is 0 Å². The van der Waals surface area contributed by atoms with Gasteiger partial charge in [0, 0.05) is 29.2 Å². The van der Waals surface area contributed by atoms with Gasteiger partial charge >= 0.3 is 0 Å². The van der Waals surface area contributed by atoms with E-state index in [0.29, 0.717) is 23.7 Å². The first kappa shape index (κ1) is 26.3. The zero-order valence-corrected chi connectivity index (χ0v) is 23.0. The van der Waals surface area contributed by atoms with Gasteiger partial charge in [0.05, 0.1) is 28.1 Å². The molecule has 1 fully saturated rings. The van der Waals surface area contributed by atoms with Crippen LogP contribution in [0, 0.1) is 6.92 Å². The van der Waals surface area contributed by atoms with Gasteiger partial charge in [-0.3, -0.25) is 9.71 Å². The van der Waals surface area contributed by atoms with Gasteiger partial charge in [-0.2, -0.15) is 0 Å². The number of hydrogen-bond acceptors (Lipinski definition) is 7. The monoisotopic (exact) mass is 550 g/mol. The van der Waals surface area contributed by atoms with Crippen LogP contribution in [0.15, 0.2) is 59.8 Å². The third-order valence-corrected chi connectivity index (χ3v) is 8.86. The fraction of sp³-hybridized carbons (Fsp3) is 0.321. The molecule has 0 spiro atoms. The van der Waals surface area contributed by atoms with Gasteiger partial charge < -0.3 is 11.1 Å². The van der Waals surface area contributed by atoms with E-state index >= 15 is 0 Å². The SMILES string of the molecule is CCc1cc(-c2ncc(NS(=O)(=O)c3ccccc3Cl)cc2C)cc2cnc(NC3CCC(N)CC3)nc12. The lowest BCUT2D eigenvalue weighted by molar-refractivity contribution is 0.410. The van der Waals surface area contributed by atoms with E-state index in [1.54, 1.807) is 24.3 Å². The van der Waals surface area contributed by atoms with Crippen molar-refractivity contribution in [3.05, 3.63) is 71.0 Å². The fourth-order valence-corrected chi connectivity index (χ4v) is 6.50. The average molecular weight is 551 g/mol. The van der Waals surface area contributed by atoms with Crippen molar-refractivity contribution in [3.8, 4) is 11.3 Å². The minimum atomic E-state index is -3.85. The first-order chi connectivity index (χ1) is 18.2. The average Bonchev–Trinajstić information content (AvgIpc) is 2.89. The number of anilines is 2. The van der Waals surface area contributed by atoms with Crippen LogP contribution in [-0.2, 0) is 16.4 Å². The van der Waals surface area contributed by atoms with Gasteiger partial charge in [0.15, 0.2) is 0 Å². The molecule has 198 valence electrons. The number of nitrogens with zero attached hydrogens (tertiary/aromatic N) is 3. The number of nitrogens with one attached hydrogen (secondary N) is 2. The van der Waals surface area contributed by atoms with E-state index in [0.717, 1.165) is 65.4 Å². The predicted molar refractivity (Wildman–Crippen MR) is 153 cm³/mol. The summed E-state index contributed by atoms with van der Waals surface area (Å²) in [6, 6.07) is 12.9. The minimum absolute atomic E-state index is 0.0198. The number of fused-ring (bicyclic) bond motifs is 1. The highest BCUT2D eigenvalue weighted by atomic mass is 35.5. The molecule has 0 atom stereocenters. The third kappa shape index (κ3) is 5.60. The molecular weight excluding hydrogens is 520 g/mol. The smallest absolute Gasteiger partial charge is 0.263 e. The van der Waals surface area contributed by atoms with Crippen LogP contribution >= 0.6 is 11.6 Å². The summed E-state index contributed by atoms with van der Waals surface area (Å²) >= 11 is 6.10. The molecule has 10 heteroatoms. The molecule has 38 heavy (non-hydrogen) atoms. The van der Waals surface area contributed by atoms with Crippen molar-refractivity contribution >= 4 is 44.2 Å². The topological polar surface area (TPSA) is 123 Å². The van der Waals surface area contributed by atoms with Crippen LogP contribution in [-0.4, -0.2) is 35.5 Å². The Morgan fingerprint density at radius 2 is 1.82 bits per heavy atom. The molecule has 4 aromatic rings. The van der Waals surface area contributed by atoms with Crippen molar-refractivity contribution < 1.29 is 8.42 Å². The van der Waals surface area contributed by atoms with Gasteiger partial charge in [-0.15, -0.1) is 0 Å². The molecule has 2 aromatic heterocycles. The summed E-state index contributed by atoms with van der Waals surface area (Å²) in [7, 11) is -3.85. The van der Waals surface area contributed by atoms with Crippen molar-refractivity contribution in [2.45, 2.75) is 62.9 Å². The second kappa shape index (κ2) is 10.8. The van der Waals surface area contributed by atoms with Crippen molar-refractivity contribution in [3.63, 3.8) is 0 Å². The Kier molecular flexibility index (Phi) is 7.52. The minimum Gasteiger partial charge on any atom is -0.351 e. The van der Waals surface area contributed by atoms with Gasteiger partial charge in [0.25, 0.3) is 10.0 Å². The molecule has 4 N–H and O–H groups in total. The molecule has 2 aromatic carbocycles. The standard InChI is InChI=1S/C28H31ClN6O2S/c1-3-18-13-19(14-20-15-32-28(34-27(18)20)33-22-10-8-21(30)9-11-22)26-17(2)12-23(16-31-26)35-38(36,37)25-7-5-4-6-24(25)29/h4-7,12-16,21-22,35H,3,8-11,30H2,1-2H3,(H,32,33,34). The first-order valence-electron chi connectivity index (χ1n) is 12.8. The Labute approximate surface area is 228 Å². The molecule has 8 nitrogen and oxygen atoms in total. The highest BCUT2D eigenvalue weighted by Crippen LogP contribution is 2.31. The molecule has 0 radical (unpaired) electrons. The van der Waals surface area contributed by atoms with Crippen molar-refractivity contribution in [2.75, 3.05) is 10.0 Å². The number of halogens is 1. The zero-order chi connectivity index (χ0) is 26.9. The Morgan fingerprint density at radius 3 is 2.53 bits per heavy atom. The molecule has 2 heterocycles. The van der Waals surface area contributed by atoms with Crippen LogP contribution in [0.5, 0.6) is 0 Å². The first-order valence-corrected chi connectivity index (χ1v) is 14.7. The Balaban J connectivity index is 1.41. The fourth-order valence-electron chi connectivity index (χ4n) is 4.95. The maximum Gasteiger partial charge on any atom is 0.263 e. The number of sulfonamides is 1. The number of benzene rings is 2. The summed E-state index contributed by atoms with van der Waals surface area (Å²) in [4.78, 5) is 14.1. The maximum atomic E-state index is 12.8. The molecule has 0 amide bonds. The lowest BCUT2D eigenvalue weighted by Gasteiger charge is -2.26. The van der Waals surface area contributed by atoms with Crippen LogP contribution in [0.1, 0.15) is 43.7 Å². The van der Waals surface area contributed by atoms with Crippen LogP contribution in [0.25, 0.3) is 22.2 Å². The Hall–Kier alpha value is -3.27. The lowest BCUT2D eigenvalue weighted by Crippen LogP contribution is -2.33. The van der Waals surface area contributed by atoms with E-state index in [-0.39, 0.29) is 9.92 Å². The second-order valence-corrected chi connectivity index (χ2v) is 11.9. The summed E-state index contributed by atoms with van der Waals surface area (Å²) in [5.74, 6) is 0.643. The van der Waals surface area contributed by atoms with Gasteiger partial charge in [-0.25, -0.2) is 18.4 Å². The lowest BCUT2D eigenvalue weighted by atomic mass is 9.92. The molecule has 0 aliphatic heterocycles. The van der Waals surface area contributed by atoms with E-state index in [1.807, 2.05) is 19.2 Å². The number of aryl methyl sites for hydroxylation is 2. The van der Waals surface area contributed by atoms with Crippen molar-refractivity contribution in [2.24, 2.45) is 5.73 Å². The molecule has 1 aliphatic rings. The summed E-state index contributed by atoms with van der Waals surface area (Å²) < 4.78 is 28.3. The predicted octanol–water partition coefficient (Wildman–Crippen LogP) is 5.70. The highest BCUT2D eigenvalue weighted by Gasteiger charge is 2.20. The van der Waals surface area contributed by atoms with E-state index in [2.05, 4.69) is 33.0 Å². The Bertz CT molecular complexity index is 1590. The quantitative estimate of drug-likeness (QED) is 0.270. The number of rotatable bonds is 7. The molecule has 5 rings (SSSR count). The van der Waals surface area contributed by atoms with E-state index in [4.69, 9.17) is 22.3 Å². The molecular formula is C28H31ClN6O2S. The van der Waals surface area contributed by atoms with Gasteiger partial charge in [-0.1, -0.05) is 30.7 Å². The molecule has 1 aliphatic carbocycles. The maximum absolute atomic E-state index is 12.8. The number of hydrogen-bond donors (Lipinski definition) is 3. The van der Waals surface area contributed by atoms with Gasteiger partial charge in [-0.05, 0) is 80.5 Å². The van der Waals surface area contributed by atoms with E-state index in [9.17, 15) is 8.42 Å². The zero-order valence-electron chi connectivity index (χ0n) is 21.4. The van der Waals surface area contributed by atoms with E-state index < -0.39 is 10.0 Å².